The van der Waals surface area contributed by atoms with Crippen molar-refractivity contribution >= 4 is 17.5 Å². The van der Waals surface area contributed by atoms with Gasteiger partial charge in [0.25, 0.3) is 0 Å². The molecule has 0 radical (unpaired) electrons. The first kappa shape index (κ1) is 17.6. The molecule has 24 heavy (non-hydrogen) atoms. The number of fused-ring (bicyclic) bond motifs is 3. The molecule has 3 aliphatic rings. The number of rotatable bonds is 1. The van der Waals surface area contributed by atoms with Gasteiger partial charge in [0.2, 0.25) is 0 Å². The van der Waals surface area contributed by atoms with Crippen LogP contribution in [0.3, 0.4) is 0 Å². The predicted molar refractivity (Wildman–Crippen MR) is 90.1 cm³/mol. The number of carbonyl (C=O) groups is 3. The van der Waals surface area contributed by atoms with E-state index in [0.717, 1.165) is 12.8 Å². The summed E-state index contributed by atoms with van der Waals surface area (Å²) in [4.78, 5) is 38.3. The second kappa shape index (κ2) is 5.67. The summed E-state index contributed by atoms with van der Waals surface area (Å²) in [5.74, 6) is 1.26. The summed E-state index contributed by atoms with van der Waals surface area (Å²) in [6.45, 7) is 8.38. The van der Waals surface area contributed by atoms with Gasteiger partial charge in [-0.2, -0.15) is 0 Å². The van der Waals surface area contributed by atoms with Crippen molar-refractivity contribution in [3.05, 3.63) is 0 Å². The first-order valence-corrected chi connectivity index (χ1v) is 9.26. The third-order valence-corrected chi connectivity index (χ3v) is 7.37. The molecule has 0 N–H and O–H groups in total. The van der Waals surface area contributed by atoms with Crippen LogP contribution in [0.25, 0.3) is 0 Å². The molecule has 3 rings (SSSR count). The average molecular weight is 334 g/mol. The Morgan fingerprint density at radius 1 is 1.12 bits per heavy atom. The van der Waals surface area contributed by atoms with E-state index in [2.05, 4.69) is 20.8 Å². The van der Waals surface area contributed by atoms with E-state index in [-0.39, 0.29) is 18.0 Å². The summed E-state index contributed by atoms with van der Waals surface area (Å²) in [5.41, 5.74) is -1.42. The van der Waals surface area contributed by atoms with E-state index >= 15 is 0 Å². The third kappa shape index (κ3) is 2.36. The molecule has 0 unspecified atom stereocenters. The van der Waals surface area contributed by atoms with Crippen LogP contribution >= 0.6 is 0 Å². The summed E-state index contributed by atoms with van der Waals surface area (Å²) in [7, 11) is 1.35. The number of esters is 1. The highest BCUT2D eigenvalue weighted by molar-refractivity contribution is 5.97. The monoisotopic (exact) mass is 334 g/mol. The van der Waals surface area contributed by atoms with Gasteiger partial charge in [-0.3, -0.25) is 14.4 Å². The highest BCUT2D eigenvalue weighted by Crippen LogP contribution is 2.63. The number of carbonyl (C=O) groups excluding carboxylic acids is 3. The van der Waals surface area contributed by atoms with Crippen LogP contribution in [0, 0.1) is 40.4 Å². The Kier molecular flexibility index (Phi) is 4.17. The molecule has 0 saturated heterocycles. The molecule has 7 atom stereocenters. The van der Waals surface area contributed by atoms with Crippen molar-refractivity contribution in [2.75, 3.05) is 7.11 Å². The van der Waals surface area contributed by atoms with Crippen molar-refractivity contribution < 1.29 is 19.1 Å². The van der Waals surface area contributed by atoms with Crippen LogP contribution in [0.2, 0.25) is 0 Å². The second-order valence-corrected chi connectivity index (χ2v) is 9.23. The van der Waals surface area contributed by atoms with Crippen LogP contribution in [0.1, 0.15) is 59.8 Å². The lowest BCUT2D eigenvalue weighted by atomic mass is 9.42. The Balaban J connectivity index is 2.09. The molecular weight excluding hydrogens is 304 g/mol. The maximum absolute atomic E-state index is 13.1. The smallest absolute Gasteiger partial charge is 0.312 e. The largest absolute Gasteiger partial charge is 0.469 e. The first-order valence-electron chi connectivity index (χ1n) is 9.26. The Hall–Kier alpha value is -1.19. The van der Waals surface area contributed by atoms with Gasteiger partial charge in [0.05, 0.1) is 12.5 Å². The van der Waals surface area contributed by atoms with Crippen molar-refractivity contribution in [2.45, 2.75) is 59.8 Å². The van der Waals surface area contributed by atoms with Gasteiger partial charge in [-0.15, -0.1) is 0 Å². The van der Waals surface area contributed by atoms with Crippen molar-refractivity contribution in [3.63, 3.8) is 0 Å². The van der Waals surface area contributed by atoms with Crippen LogP contribution < -0.4 is 0 Å². The minimum atomic E-state index is -1.01. The number of ketones is 2. The van der Waals surface area contributed by atoms with E-state index in [4.69, 9.17) is 4.74 Å². The number of methoxy groups -OCH3 is 1. The predicted octanol–water partition coefficient (Wildman–Crippen LogP) is 3.42. The molecule has 0 spiro atoms. The van der Waals surface area contributed by atoms with Gasteiger partial charge in [-0.1, -0.05) is 20.8 Å². The second-order valence-electron chi connectivity index (χ2n) is 9.23. The van der Waals surface area contributed by atoms with Gasteiger partial charge in [0, 0.05) is 25.2 Å². The Labute approximate surface area is 144 Å². The van der Waals surface area contributed by atoms with Gasteiger partial charge >= 0.3 is 5.97 Å². The van der Waals surface area contributed by atoms with Crippen molar-refractivity contribution in [3.8, 4) is 0 Å². The molecule has 3 fully saturated rings. The maximum Gasteiger partial charge on any atom is 0.312 e. The highest BCUT2D eigenvalue weighted by Gasteiger charge is 2.65. The topological polar surface area (TPSA) is 60.4 Å². The van der Waals surface area contributed by atoms with E-state index < -0.39 is 22.7 Å². The van der Waals surface area contributed by atoms with E-state index in [1.807, 2.05) is 0 Å². The molecule has 4 nitrogen and oxygen atoms in total. The zero-order valence-corrected chi connectivity index (χ0v) is 15.6. The van der Waals surface area contributed by atoms with Gasteiger partial charge in [-0.05, 0) is 48.9 Å². The minimum Gasteiger partial charge on any atom is -0.469 e. The molecule has 3 saturated carbocycles. The molecule has 0 aliphatic heterocycles. The molecule has 0 bridgehead atoms. The number of Topliss-reactive ketones (excluding diaryl/α,β-unsaturated/α-hetero) is 2. The SMILES string of the molecule is COC(=O)[C@]1(C)CC(=O)C[C@]2(C)[C@@H]3C[C@@H](C)C[C@@H](C)[C@H]3CC(=O)[C@H]21. The zero-order chi connectivity index (χ0) is 17.9. The fourth-order valence-electron chi connectivity index (χ4n) is 6.68. The summed E-state index contributed by atoms with van der Waals surface area (Å²) < 4.78 is 5.02. The number of ether oxygens (including phenoxy) is 1. The molecular formula is C20H30O4. The van der Waals surface area contributed by atoms with Gasteiger partial charge in [0.1, 0.15) is 11.6 Å². The summed E-state index contributed by atoms with van der Waals surface area (Å²) in [5, 5.41) is 0. The fourth-order valence-corrected chi connectivity index (χ4v) is 6.68. The standard InChI is InChI=1S/C20H30O4/c1-11-6-12(2)14-8-16(22)17-19(3,15(14)7-11)9-13(21)10-20(17,4)18(23)24-5/h11-12,14-15,17H,6-10H2,1-5H3/t11-,12+,14+,15+,17+,19+,20+/m0/s1. The lowest BCUT2D eigenvalue weighted by molar-refractivity contribution is -0.185. The molecule has 0 aromatic rings. The van der Waals surface area contributed by atoms with E-state index in [0.29, 0.717) is 36.5 Å². The summed E-state index contributed by atoms with van der Waals surface area (Å²) in [6.07, 6.45) is 3.32. The molecule has 134 valence electrons. The van der Waals surface area contributed by atoms with Gasteiger partial charge in [0.15, 0.2) is 0 Å². The fraction of sp³-hybridized carbons (Fsp3) is 0.850. The Bertz CT molecular complexity index is 582. The van der Waals surface area contributed by atoms with Crippen LogP contribution in [0.15, 0.2) is 0 Å². The number of hydrogen-bond donors (Lipinski definition) is 0. The summed E-state index contributed by atoms with van der Waals surface area (Å²) in [6, 6.07) is 0. The molecule has 3 aliphatic carbocycles. The molecule has 0 heterocycles. The van der Waals surface area contributed by atoms with E-state index in [9.17, 15) is 14.4 Å². The number of hydrogen-bond acceptors (Lipinski definition) is 4. The molecule has 0 aromatic heterocycles. The Morgan fingerprint density at radius 2 is 1.79 bits per heavy atom. The van der Waals surface area contributed by atoms with Gasteiger partial charge < -0.3 is 4.74 Å². The van der Waals surface area contributed by atoms with Crippen LogP contribution in [0.4, 0.5) is 0 Å². The normalized spacial score (nSPS) is 48.5. The molecule has 4 heteroatoms. The quantitative estimate of drug-likeness (QED) is 0.689. The maximum atomic E-state index is 13.1. The third-order valence-electron chi connectivity index (χ3n) is 7.37. The van der Waals surface area contributed by atoms with Gasteiger partial charge in [-0.25, -0.2) is 0 Å². The van der Waals surface area contributed by atoms with Crippen molar-refractivity contribution in [2.24, 2.45) is 40.4 Å². The highest BCUT2D eigenvalue weighted by atomic mass is 16.5. The average Bonchev–Trinajstić information content (AvgIpc) is 2.46. The van der Waals surface area contributed by atoms with Crippen molar-refractivity contribution in [1.82, 2.24) is 0 Å². The molecule has 0 aromatic carbocycles. The Morgan fingerprint density at radius 3 is 2.42 bits per heavy atom. The van der Waals surface area contributed by atoms with Crippen LogP contribution in [0.5, 0.6) is 0 Å². The minimum absolute atomic E-state index is 0.0981. The van der Waals surface area contributed by atoms with E-state index in [1.54, 1.807) is 6.92 Å². The van der Waals surface area contributed by atoms with Crippen molar-refractivity contribution in [1.29, 1.82) is 0 Å². The molecule has 0 amide bonds. The zero-order valence-electron chi connectivity index (χ0n) is 15.6. The lowest BCUT2D eigenvalue weighted by Gasteiger charge is -2.60. The summed E-state index contributed by atoms with van der Waals surface area (Å²) >= 11 is 0. The first-order chi connectivity index (χ1) is 11.1. The lowest BCUT2D eigenvalue weighted by Crippen LogP contribution is -2.62. The van der Waals surface area contributed by atoms with Crippen LogP contribution in [-0.2, 0) is 19.1 Å². The van der Waals surface area contributed by atoms with Crippen LogP contribution in [-0.4, -0.2) is 24.6 Å². The van der Waals surface area contributed by atoms with E-state index in [1.165, 1.54) is 7.11 Å².